The molecule has 0 aromatic carbocycles. The maximum Gasteiger partial charge on any atom is 0.139 e. The minimum atomic E-state index is 0.0713. The van der Waals surface area contributed by atoms with Crippen molar-refractivity contribution in [3.05, 3.63) is 23.9 Å². The maximum absolute atomic E-state index is 7.56. The maximum atomic E-state index is 7.56. The fourth-order valence-electron chi connectivity index (χ4n) is 2.16. The van der Waals surface area contributed by atoms with E-state index in [2.05, 4.69) is 9.88 Å². The van der Waals surface area contributed by atoms with Gasteiger partial charge in [-0.25, -0.2) is 4.98 Å². The van der Waals surface area contributed by atoms with Gasteiger partial charge >= 0.3 is 0 Å². The molecule has 0 spiro atoms. The highest BCUT2D eigenvalue weighted by molar-refractivity contribution is 5.99. The molecule has 0 bridgehead atoms. The van der Waals surface area contributed by atoms with Crippen molar-refractivity contribution in [1.29, 1.82) is 5.41 Å². The molecule has 0 saturated carbocycles. The molecule has 0 amide bonds. The van der Waals surface area contributed by atoms with Crippen LogP contribution in [-0.4, -0.2) is 37.1 Å². The van der Waals surface area contributed by atoms with Crippen LogP contribution in [0.25, 0.3) is 0 Å². The van der Waals surface area contributed by atoms with Crippen LogP contribution in [0.1, 0.15) is 18.4 Å². The summed E-state index contributed by atoms with van der Waals surface area (Å²) in [5.74, 6) is 0.886. The van der Waals surface area contributed by atoms with Crippen LogP contribution in [0, 0.1) is 5.41 Å². The van der Waals surface area contributed by atoms with E-state index in [9.17, 15) is 0 Å². The number of nitrogen functional groups attached to an aromatic ring is 1. The van der Waals surface area contributed by atoms with Gasteiger partial charge in [-0.1, -0.05) is 0 Å². The molecule has 92 valence electrons. The van der Waals surface area contributed by atoms with Gasteiger partial charge in [-0.3, -0.25) is 5.41 Å². The number of nitrogens with zero attached hydrogens (tertiary/aromatic N) is 2. The molecule has 1 aliphatic rings. The smallest absolute Gasteiger partial charge is 0.139 e. The number of hydrogen-bond donors (Lipinski definition) is 2. The van der Waals surface area contributed by atoms with E-state index in [1.165, 1.54) is 0 Å². The largest absolute Gasteiger partial charge is 0.384 e. The average molecular weight is 234 g/mol. The zero-order valence-electron chi connectivity index (χ0n) is 10.0. The standard InChI is InChI=1S/C12H18N4O/c1-17-9-4-7-16(8-5-9)12-10(11(13)14)3-2-6-15-12/h2-3,6,9H,4-5,7-8H2,1H3,(H3,13,14). The van der Waals surface area contributed by atoms with Crippen molar-refractivity contribution in [2.75, 3.05) is 25.1 Å². The zero-order chi connectivity index (χ0) is 12.3. The van der Waals surface area contributed by atoms with E-state index in [1.807, 2.05) is 12.1 Å². The molecule has 0 radical (unpaired) electrons. The van der Waals surface area contributed by atoms with Gasteiger partial charge in [0.2, 0.25) is 0 Å². The monoisotopic (exact) mass is 234 g/mol. The Kier molecular flexibility index (Phi) is 3.58. The fourth-order valence-corrected chi connectivity index (χ4v) is 2.16. The number of nitrogens with one attached hydrogen (secondary N) is 1. The van der Waals surface area contributed by atoms with Crippen LogP contribution in [-0.2, 0) is 4.74 Å². The highest BCUT2D eigenvalue weighted by Gasteiger charge is 2.21. The van der Waals surface area contributed by atoms with E-state index in [0.29, 0.717) is 11.7 Å². The molecule has 5 heteroatoms. The summed E-state index contributed by atoms with van der Waals surface area (Å²) >= 11 is 0. The predicted octanol–water partition coefficient (Wildman–Crippen LogP) is 0.981. The third-order valence-electron chi connectivity index (χ3n) is 3.15. The Hall–Kier alpha value is -1.62. The van der Waals surface area contributed by atoms with Gasteiger partial charge in [0.05, 0.1) is 11.7 Å². The Bertz CT molecular complexity index is 399. The van der Waals surface area contributed by atoms with Crippen LogP contribution in [0.15, 0.2) is 18.3 Å². The number of anilines is 1. The summed E-state index contributed by atoms with van der Waals surface area (Å²) in [6.07, 6.45) is 4.06. The normalized spacial score (nSPS) is 17.1. The Morgan fingerprint density at radius 2 is 2.24 bits per heavy atom. The zero-order valence-corrected chi connectivity index (χ0v) is 10.0. The molecule has 1 saturated heterocycles. The van der Waals surface area contributed by atoms with Crippen LogP contribution in [0.3, 0.4) is 0 Å². The molecule has 3 N–H and O–H groups in total. The lowest BCUT2D eigenvalue weighted by Gasteiger charge is -2.32. The fraction of sp³-hybridized carbons (Fsp3) is 0.500. The van der Waals surface area contributed by atoms with Crippen LogP contribution >= 0.6 is 0 Å². The summed E-state index contributed by atoms with van der Waals surface area (Å²) < 4.78 is 5.34. The van der Waals surface area contributed by atoms with Crippen molar-refractivity contribution in [3.8, 4) is 0 Å². The first kappa shape index (κ1) is 11.9. The van der Waals surface area contributed by atoms with Gasteiger partial charge in [-0.2, -0.15) is 0 Å². The van der Waals surface area contributed by atoms with Crippen LogP contribution < -0.4 is 10.6 Å². The van der Waals surface area contributed by atoms with Gasteiger partial charge in [-0.15, -0.1) is 0 Å². The molecule has 2 rings (SSSR count). The van der Waals surface area contributed by atoms with E-state index in [0.717, 1.165) is 31.7 Å². The van der Waals surface area contributed by atoms with E-state index in [4.69, 9.17) is 15.9 Å². The SMILES string of the molecule is COC1CCN(c2ncccc2C(=N)N)CC1. The Balaban J connectivity index is 2.15. The molecule has 0 aliphatic carbocycles. The van der Waals surface area contributed by atoms with Crippen LogP contribution in [0.2, 0.25) is 0 Å². The number of ether oxygens (including phenoxy) is 1. The van der Waals surface area contributed by atoms with Crippen molar-refractivity contribution in [2.24, 2.45) is 5.73 Å². The average Bonchev–Trinajstić information content (AvgIpc) is 2.39. The highest BCUT2D eigenvalue weighted by atomic mass is 16.5. The van der Waals surface area contributed by atoms with E-state index < -0.39 is 0 Å². The van der Waals surface area contributed by atoms with E-state index >= 15 is 0 Å². The summed E-state index contributed by atoms with van der Waals surface area (Å²) in [5, 5.41) is 7.56. The highest BCUT2D eigenvalue weighted by Crippen LogP contribution is 2.22. The second-order valence-corrected chi connectivity index (χ2v) is 4.21. The number of methoxy groups -OCH3 is 1. The summed E-state index contributed by atoms with van der Waals surface area (Å²) in [7, 11) is 1.75. The van der Waals surface area contributed by atoms with Gasteiger partial charge in [0.1, 0.15) is 11.7 Å². The third-order valence-corrected chi connectivity index (χ3v) is 3.15. The van der Waals surface area contributed by atoms with Crippen molar-refractivity contribution >= 4 is 11.7 Å². The number of rotatable bonds is 3. The lowest BCUT2D eigenvalue weighted by atomic mass is 10.1. The van der Waals surface area contributed by atoms with Gasteiger partial charge in [0, 0.05) is 26.4 Å². The molecular weight excluding hydrogens is 216 g/mol. The molecule has 1 aliphatic heterocycles. The molecule has 0 atom stereocenters. The first-order valence-corrected chi connectivity index (χ1v) is 5.79. The van der Waals surface area contributed by atoms with Crippen molar-refractivity contribution < 1.29 is 4.74 Å². The number of aromatic nitrogens is 1. The number of piperidine rings is 1. The Morgan fingerprint density at radius 1 is 1.53 bits per heavy atom. The summed E-state index contributed by atoms with van der Waals surface area (Å²) in [6.45, 7) is 1.80. The lowest BCUT2D eigenvalue weighted by molar-refractivity contribution is 0.0818. The molecule has 0 unspecified atom stereocenters. The number of nitrogens with two attached hydrogens (primary N) is 1. The summed E-state index contributed by atoms with van der Waals surface area (Å²) in [4.78, 5) is 6.51. The first-order chi connectivity index (χ1) is 8.22. The third kappa shape index (κ3) is 2.55. The first-order valence-electron chi connectivity index (χ1n) is 5.79. The molecule has 2 heterocycles. The van der Waals surface area contributed by atoms with Crippen molar-refractivity contribution in [2.45, 2.75) is 18.9 Å². The van der Waals surface area contributed by atoms with Crippen LogP contribution in [0.4, 0.5) is 5.82 Å². The van der Waals surface area contributed by atoms with Crippen LogP contribution in [0.5, 0.6) is 0 Å². The number of pyridine rings is 1. The number of hydrogen-bond acceptors (Lipinski definition) is 4. The minimum absolute atomic E-state index is 0.0713. The lowest BCUT2D eigenvalue weighted by Crippen LogP contribution is -2.38. The minimum Gasteiger partial charge on any atom is -0.384 e. The molecule has 1 aromatic heterocycles. The number of amidine groups is 1. The topological polar surface area (TPSA) is 75.2 Å². The molecule has 17 heavy (non-hydrogen) atoms. The molecular formula is C12H18N4O. The second-order valence-electron chi connectivity index (χ2n) is 4.21. The van der Waals surface area contributed by atoms with Gasteiger partial charge in [0.15, 0.2) is 0 Å². The summed E-state index contributed by atoms with van der Waals surface area (Å²) in [5.41, 5.74) is 6.28. The van der Waals surface area contributed by atoms with E-state index in [-0.39, 0.29) is 5.84 Å². The quantitative estimate of drug-likeness (QED) is 0.604. The van der Waals surface area contributed by atoms with Gasteiger partial charge < -0.3 is 15.4 Å². The van der Waals surface area contributed by atoms with E-state index in [1.54, 1.807) is 13.3 Å². The molecule has 1 aromatic rings. The second kappa shape index (κ2) is 5.14. The molecule has 5 nitrogen and oxygen atoms in total. The van der Waals surface area contributed by atoms with Crippen molar-refractivity contribution in [1.82, 2.24) is 4.98 Å². The summed E-state index contributed by atoms with van der Waals surface area (Å²) in [6, 6.07) is 3.65. The van der Waals surface area contributed by atoms with Gasteiger partial charge in [-0.05, 0) is 25.0 Å². The Labute approximate surface area is 101 Å². The predicted molar refractivity (Wildman–Crippen MR) is 67.5 cm³/mol. The van der Waals surface area contributed by atoms with Gasteiger partial charge in [0.25, 0.3) is 0 Å². The van der Waals surface area contributed by atoms with Crippen molar-refractivity contribution in [3.63, 3.8) is 0 Å². The Morgan fingerprint density at radius 3 is 2.82 bits per heavy atom. The molecule has 1 fully saturated rings.